The predicted octanol–water partition coefficient (Wildman–Crippen LogP) is 4.73. The molecule has 7 nitrogen and oxygen atoms in total. The van der Waals surface area contributed by atoms with Gasteiger partial charge in [-0.15, -0.1) is 0 Å². The molecule has 3 rings (SSSR count). The van der Waals surface area contributed by atoms with Crippen molar-refractivity contribution in [1.82, 2.24) is 4.90 Å². The number of carboxylic acid groups (broad SMARTS) is 2. The van der Waals surface area contributed by atoms with Crippen LogP contribution < -0.4 is 4.90 Å². The maximum Gasteiger partial charge on any atom is 0.408 e. The molecule has 0 bridgehead atoms. The van der Waals surface area contributed by atoms with Crippen molar-refractivity contribution in [1.29, 1.82) is 0 Å². The molecule has 2 heterocycles. The largest absolute Gasteiger partial charge is 0.480 e. The van der Waals surface area contributed by atoms with Gasteiger partial charge in [0.25, 0.3) is 0 Å². The second-order valence-electron chi connectivity index (χ2n) is 10.8. The molecular weight excluding hydrogens is 420 g/mol. The first-order valence-corrected chi connectivity index (χ1v) is 10.8. The third-order valence-electron chi connectivity index (χ3n) is 7.06. The molecule has 0 aromatic heterocycles. The molecule has 0 aliphatic carbocycles. The molecular formula is C23H31ClN2O5. The summed E-state index contributed by atoms with van der Waals surface area (Å²) in [7, 11) is 0. The standard InChI is InChI=1S/C23H31ClN2O5/c1-20(2,3)23(21(4,5)6)22(11-16(18(28)29)26(23)19(30)31)12-17(27)25(13-22)15-9-7-8-14(24)10-15/h7-10,16H,11-13H2,1-6H3,(H,28,29)(H,30,31)/t16-,22-/m0/s1. The number of rotatable bonds is 2. The first-order chi connectivity index (χ1) is 14.1. The summed E-state index contributed by atoms with van der Waals surface area (Å²) >= 11 is 6.15. The summed E-state index contributed by atoms with van der Waals surface area (Å²) in [5, 5.41) is 20.8. The number of benzene rings is 1. The van der Waals surface area contributed by atoms with Crippen LogP contribution in [0.3, 0.4) is 0 Å². The molecule has 8 heteroatoms. The maximum absolute atomic E-state index is 13.3. The number of carboxylic acids is 1. The van der Waals surface area contributed by atoms with Gasteiger partial charge in [0, 0.05) is 29.1 Å². The van der Waals surface area contributed by atoms with E-state index in [-0.39, 0.29) is 25.3 Å². The van der Waals surface area contributed by atoms with Crippen LogP contribution in [-0.2, 0) is 9.59 Å². The van der Waals surface area contributed by atoms with Crippen LogP contribution in [0.1, 0.15) is 54.4 Å². The second kappa shape index (κ2) is 7.12. The zero-order chi connectivity index (χ0) is 23.6. The lowest BCUT2D eigenvalue weighted by atomic mass is 9.48. The Morgan fingerprint density at radius 1 is 1.10 bits per heavy atom. The van der Waals surface area contributed by atoms with E-state index in [0.717, 1.165) is 4.90 Å². The highest BCUT2D eigenvalue weighted by Crippen LogP contribution is 2.67. The van der Waals surface area contributed by atoms with Crippen LogP contribution in [0.15, 0.2) is 24.3 Å². The monoisotopic (exact) mass is 450 g/mol. The molecule has 0 saturated carbocycles. The van der Waals surface area contributed by atoms with Gasteiger partial charge in [0.1, 0.15) is 6.04 Å². The van der Waals surface area contributed by atoms with Gasteiger partial charge in [0.2, 0.25) is 5.91 Å². The molecule has 2 aliphatic rings. The molecule has 1 aromatic carbocycles. The van der Waals surface area contributed by atoms with Crippen molar-refractivity contribution in [3.05, 3.63) is 29.3 Å². The molecule has 2 aliphatic heterocycles. The Bertz CT molecular complexity index is 919. The Balaban J connectivity index is 2.29. The van der Waals surface area contributed by atoms with Crippen molar-refractivity contribution in [3.63, 3.8) is 0 Å². The maximum atomic E-state index is 13.3. The van der Waals surface area contributed by atoms with Crippen LogP contribution >= 0.6 is 11.6 Å². The molecule has 2 fully saturated rings. The zero-order valence-electron chi connectivity index (χ0n) is 18.9. The van der Waals surface area contributed by atoms with Crippen LogP contribution in [0.5, 0.6) is 0 Å². The number of nitrogens with zero attached hydrogens (tertiary/aromatic N) is 2. The van der Waals surface area contributed by atoms with E-state index in [9.17, 15) is 24.6 Å². The Labute approximate surface area is 188 Å². The molecule has 31 heavy (non-hydrogen) atoms. The van der Waals surface area contributed by atoms with Crippen molar-refractivity contribution < 1.29 is 24.6 Å². The highest BCUT2D eigenvalue weighted by molar-refractivity contribution is 6.30. The third-order valence-corrected chi connectivity index (χ3v) is 7.29. The second-order valence-corrected chi connectivity index (χ2v) is 11.3. The van der Waals surface area contributed by atoms with Gasteiger partial charge in [-0.25, -0.2) is 9.59 Å². The molecule has 1 spiro atoms. The number of hydrogen-bond acceptors (Lipinski definition) is 3. The summed E-state index contributed by atoms with van der Waals surface area (Å²) in [6.45, 7) is 11.9. The third kappa shape index (κ3) is 3.20. The summed E-state index contributed by atoms with van der Waals surface area (Å²) in [6.07, 6.45) is -1.13. The van der Waals surface area contributed by atoms with Crippen molar-refractivity contribution in [2.75, 3.05) is 11.4 Å². The van der Waals surface area contributed by atoms with Crippen LogP contribution in [0.25, 0.3) is 0 Å². The number of carbonyl (C=O) groups excluding carboxylic acids is 1. The Kier molecular flexibility index (Phi) is 5.37. The van der Waals surface area contributed by atoms with Gasteiger partial charge in [-0.3, -0.25) is 9.69 Å². The van der Waals surface area contributed by atoms with E-state index >= 15 is 0 Å². The van der Waals surface area contributed by atoms with E-state index in [1.807, 2.05) is 41.5 Å². The van der Waals surface area contributed by atoms with E-state index in [2.05, 4.69) is 0 Å². The molecule has 0 unspecified atom stereocenters. The number of amides is 2. The number of aliphatic carboxylic acids is 1. The summed E-state index contributed by atoms with van der Waals surface area (Å²) < 4.78 is 0. The lowest BCUT2D eigenvalue weighted by molar-refractivity contribution is -0.149. The summed E-state index contributed by atoms with van der Waals surface area (Å²) in [5.74, 6) is -1.35. The molecule has 2 N–H and O–H groups in total. The van der Waals surface area contributed by atoms with Gasteiger partial charge in [-0.1, -0.05) is 59.2 Å². The fourth-order valence-corrected chi connectivity index (χ4v) is 7.29. The average molecular weight is 451 g/mol. The van der Waals surface area contributed by atoms with Gasteiger partial charge in [0.05, 0.1) is 5.54 Å². The van der Waals surface area contributed by atoms with Gasteiger partial charge < -0.3 is 15.1 Å². The zero-order valence-corrected chi connectivity index (χ0v) is 19.7. The van der Waals surface area contributed by atoms with Gasteiger partial charge in [0.15, 0.2) is 0 Å². The van der Waals surface area contributed by atoms with E-state index in [0.29, 0.717) is 10.7 Å². The van der Waals surface area contributed by atoms with Crippen molar-refractivity contribution in [2.24, 2.45) is 16.2 Å². The summed E-state index contributed by atoms with van der Waals surface area (Å²) in [5.41, 5.74) is -2.68. The van der Waals surface area contributed by atoms with Crippen molar-refractivity contribution in [2.45, 2.75) is 66.0 Å². The number of hydrogen-bond donors (Lipinski definition) is 2. The Morgan fingerprint density at radius 2 is 1.68 bits per heavy atom. The van der Waals surface area contributed by atoms with E-state index in [1.165, 1.54) is 0 Å². The SMILES string of the molecule is CC(C)(C)C1(C(C)(C)C)N(C(=O)O)[C@H](C(=O)O)C[C@@]12CC(=O)N(c1cccc(Cl)c1)C2. The molecule has 2 atom stereocenters. The molecule has 1 aromatic rings. The smallest absolute Gasteiger partial charge is 0.408 e. The highest BCUT2D eigenvalue weighted by Gasteiger charge is 2.76. The van der Waals surface area contributed by atoms with Crippen LogP contribution in [-0.4, -0.2) is 51.2 Å². The lowest BCUT2D eigenvalue weighted by Gasteiger charge is -2.62. The summed E-state index contributed by atoms with van der Waals surface area (Å²) in [6, 6.07) is 5.74. The first kappa shape index (κ1) is 23.4. The minimum Gasteiger partial charge on any atom is -0.480 e. The molecule has 2 amide bonds. The Hall–Kier alpha value is -2.28. The van der Waals surface area contributed by atoms with Crippen LogP contribution in [0.4, 0.5) is 10.5 Å². The fourth-order valence-electron chi connectivity index (χ4n) is 7.10. The predicted molar refractivity (Wildman–Crippen MR) is 118 cm³/mol. The van der Waals surface area contributed by atoms with Gasteiger partial charge in [-0.2, -0.15) is 0 Å². The topological polar surface area (TPSA) is 98.1 Å². The molecule has 0 radical (unpaired) electrons. The first-order valence-electron chi connectivity index (χ1n) is 10.4. The van der Waals surface area contributed by atoms with Crippen molar-refractivity contribution in [3.8, 4) is 0 Å². The van der Waals surface area contributed by atoms with E-state index in [1.54, 1.807) is 29.2 Å². The molecule has 170 valence electrons. The quantitative estimate of drug-likeness (QED) is 0.678. The van der Waals surface area contributed by atoms with Crippen molar-refractivity contribution >= 4 is 35.3 Å². The van der Waals surface area contributed by atoms with Crippen LogP contribution in [0, 0.1) is 16.2 Å². The van der Waals surface area contributed by atoms with E-state index < -0.39 is 39.9 Å². The Morgan fingerprint density at radius 3 is 2.13 bits per heavy atom. The fraction of sp³-hybridized carbons (Fsp3) is 0.609. The highest BCUT2D eigenvalue weighted by atomic mass is 35.5. The summed E-state index contributed by atoms with van der Waals surface area (Å²) in [4.78, 5) is 40.9. The number of halogens is 1. The van der Waals surface area contributed by atoms with Crippen LogP contribution in [0.2, 0.25) is 5.02 Å². The normalized spacial score (nSPS) is 26.0. The van der Waals surface area contributed by atoms with Gasteiger partial charge >= 0.3 is 12.1 Å². The number of anilines is 1. The lowest BCUT2D eigenvalue weighted by Crippen LogP contribution is -2.71. The molecule has 2 saturated heterocycles. The van der Waals surface area contributed by atoms with Gasteiger partial charge in [-0.05, 0) is 35.4 Å². The van der Waals surface area contributed by atoms with E-state index in [4.69, 9.17) is 11.6 Å². The minimum atomic E-state index is -1.28. The number of likely N-dealkylation sites (tertiary alicyclic amines) is 1. The number of carbonyl (C=O) groups is 3. The average Bonchev–Trinajstić information content (AvgIpc) is 3.09. The minimum absolute atomic E-state index is 0.0710.